The molecule has 0 unspecified atom stereocenters. The topological polar surface area (TPSA) is 71.4 Å². The number of likely N-dealkylation sites (tertiary alicyclic amines) is 2. The van der Waals surface area contributed by atoms with E-state index in [9.17, 15) is 14.4 Å². The summed E-state index contributed by atoms with van der Waals surface area (Å²) in [7, 11) is 0. The van der Waals surface area contributed by atoms with Gasteiger partial charge >= 0.3 is 0 Å². The van der Waals surface area contributed by atoms with Gasteiger partial charge in [-0.15, -0.1) is 0 Å². The minimum absolute atomic E-state index is 0.0802. The molecule has 3 aliphatic rings. The summed E-state index contributed by atoms with van der Waals surface area (Å²) in [6, 6.07) is 6.96. The summed E-state index contributed by atoms with van der Waals surface area (Å²) >= 11 is 0. The van der Waals surface area contributed by atoms with Crippen molar-refractivity contribution in [3.63, 3.8) is 0 Å². The van der Waals surface area contributed by atoms with Crippen LogP contribution in [0.5, 0.6) is 5.75 Å². The van der Waals surface area contributed by atoms with Crippen LogP contribution in [-0.4, -0.2) is 61.4 Å². The van der Waals surface area contributed by atoms with Gasteiger partial charge in [-0.25, -0.2) is 4.90 Å². The molecule has 0 bridgehead atoms. The fourth-order valence-electron chi connectivity index (χ4n) is 5.10. The van der Waals surface area contributed by atoms with Crippen molar-refractivity contribution >= 4 is 23.4 Å². The molecule has 31 heavy (non-hydrogen) atoms. The molecule has 3 heterocycles. The molecule has 7 nitrogen and oxygen atoms in total. The van der Waals surface area contributed by atoms with E-state index in [2.05, 4.69) is 6.92 Å². The van der Waals surface area contributed by atoms with Crippen LogP contribution in [0, 0.1) is 5.92 Å². The zero-order chi connectivity index (χ0) is 21.8. The molecule has 168 valence electrons. The van der Waals surface area contributed by atoms with Gasteiger partial charge < -0.3 is 14.5 Å². The number of hydrogen-bond acceptors (Lipinski definition) is 4. The van der Waals surface area contributed by atoms with Gasteiger partial charge in [0.05, 0.1) is 31.8 Å². The smallest absolute Gasteiger partial charge is 0.292 e. The van der Waals surface area contributed by atoms with E-state index in [0.29, 0.717) is 30.5 Å². The lowest BCUT2D eigenvalue weighted by molar-refractivity contribution is -0.920. The molecule has 0 aromatic heterocycles. The molecule has 1 aromatic carbocycles. The first-order valence-corrected chi connectivity index (χ1v) is 11.8. The van der Waals surface area contributed by atoms with Gasteiger partial charge in [-0.2, -0.15) is 0 Å². The Labute approximate surface area is 184 Å². The van der Waals surface area contributed by atoms with E-state index in [1.165, 1.54) is 9.80 Å². The third kappa shape index (κ3) is 4.92. The highest BCUT2D eigenvalue weighted by molar-refractivity contribution is 6.21. The van der Waals surface area contributed by atoms with Crippen molar-refractivity contribution in [2.45, 2.75) is 57.9 Å². The number of rotatable bonds is 8. The maximum Gasteiger partial charge on any atom is 0.292 e. The Balaban J connectivity index is 1.29. The molecular weight excluding hydrogens is 394 g/mol. The Kier molecular flexibility index (Phi) is 6.90. The SMILES string of the molecule is CCCOc1ccc(N2C(=O)C[C@H]([NH+]3CCC(CCN4CCCC4=O)CC3)C2=O)cc1. The number of hydrogen-bond donors (Lipinski definition) is 1. The Morgan fingerprint density at radius 2 is 1.81 bits per heavy atom. The number of carbonyl (C=O) groups is 3. The first-order valence-electron chi connectivity index (χ1n) is 11.8. The summed E-state index contributed by atoms with van der Waals surface area (Å²) < 4.78 is 5.60. The van der Waals surface area contributed by atoms with E-state index >= 15 is 0 Å². The van der Waals surface area contributed by atoms with Gasteiger partial charge in [0.15, 0.2) is 6.04 Å². The Morgan fingerprint density at radius 1 is 1.06 bits per heavy atom. The van der Waals surface area contributed by atoms with Crippen LogP contribution in [0.3, 0.4) is 0 Å². The summed E-state index contributed by atoms with van der Waals surface area (Å²) in [4.78, 5) is 42.1. The lowest BCUT2D eigenvalue weighted by Gasteiger charge is -2.32. The number of nitrogens with one attached hydrogen (secondary N) is 1. The number of amides is 3. The van der Waals surface area contributed by atoms with Gasteiger partial charge in [-0.3, -0.25) is 14.4 Å². The fraction of sp³-hybridized carbons (Fsp3) is 0.625. The zero-order valence-corrected chi connectivity index (χ0v) is 18.5. The largest absolute Gasteiger partial charge is 0.494 e. The van der Waals surface area contributed by atoms with Crippen molar-refractivity contribution in [1.82, 2.24) is 4.90 Å². The molecule has 3 aliphatic heterocycles. The normalized spacial score (nSPS) is 26.7. The van der Waals surface area contributed by atoms with Gasteiger partial charge in [-0.1, -0.05) is 6.92 Å². The van der Waals surface area contributed by atoms with Crippen molar-refractivity contribution < 1.29 is 24.0 Å². The first kappa shape index (κ1) is 21.8. The minimum atomic E-state index is -0.273. The van der Waals surface area contributed by atoms with Crippen LogP contribution in [0.2, 0.25) is 0 Å². The Morgan fingerprint density at radius 3 is 2.45 bits per heavy atom. The third-order valence-corrected chi connectivity index (χ3v) is 6.93. The molecule has 1 atom stereocenters. The Hall–Kier alpha value is -2.41. The molecule has 7 heteroatoms. The molecule has 0 aliphatic carbocycles. The summed E-state index contributed by atoms with van der Waals surface area (Å²) in [6.45, 7) is 6.31. The molecule has 0 spiro atoms. The first-order chi connectivity index (χ1) is 15.1. The van der Waals surface area contributed by atoms with Crippen LogP contribution >= 0.6 is 0 Å². The van der Waals surface area contributed by atoms with E-state index < -0.39 is 0 Å². The van der Waals surface area contributed by atoms with Crippen molar-refractivity contribution in [1.29, 1.82) is 0 Å². The van der Waals surface area contributed by atoms with Gasteiger partial charge in [0.25, 0.3) is 5.91 Å². The standard InChI is InChI=1S/C24H33N3O4/c1-2-16-31-20-7-5-19(6-8-20)27-23(29)17-21(24(27)30)25-13-9-18(10-14-25)11-15-26-12-3-4-22(26)28/h5-8,18,21H,2-4,9-17H2,1H3/p+1/t21-/m0/s1. The van der Waals surface area contributed by atoms with Crippen molar-refractivity contribution in [2.24, 2.45) is 5.92 Å². The molecule has 0 saturated carbocycles. The average molecular weight is 429 g/mol. The summed E-state index contributed by atoms with van der Waals surface area (Å²) in [6.07, 6.45) is 6.07. The van der Waals surface area contributed by atoms with E-state index in [0.717, 1.165) is 64.0 Å². The highest BCUT2D eigenvalue weighted by Gasteiger charge is 2.46. The van der Waals surface area contributed by atoms with Gasteiger partial charge in [0, 0.05) is 19.5 Å². The molecule has 1 aromatic rings. The second-order valence-corrected chi connectivity index (χ2v) is 9.04. The lowest BCUT2D eigenvalue weighted by atomic mass is 9.92. The Bertz CT molecular complexity index is 802. The zero-order valence-electron chi connectivity index (χ0n) is 18.5. The van der Waals surface area contributed by atoms with Crippen LogP contribution < -0.4 is 14.5 Å². The van der Waals surface area contributed by atoms with Crippen LogP contribution in [0.1, 0.15) is 51.9 Å². The predicted octanol–water partition coefficient (Wildman–Crippen LogP) is 1.41. The van der Waals surface area contributed by atoms with Crippen molar-refractivity contribution in [2.75, 3.05) is 37.7 Å². The van der Waals surface area contributed by atoms with E-state index in [1.54, 1.807) is 12.1 Å². The number of piperidine rings is 1. The van der Waals surface area contributed by atoms with Gasteiger partial charge in [0.1, 0.15) is 5.75 Å². The molecule has 3 amide bonds. The monoisotopic (exact) mass is 428 g/mol. The second-order valence-electron chi connectivity index (χ2n) is 9.04. The van der Waals surface area contributed by atoms with E-state index in [-0.39, 0.29) is 24.3 Å². The number of benzene rings is 1. The molecule has 3 saturated heterocycles. The highest BCUT2D eigenvalue weighted by Crippen LogP contribution is 2.25. The maximum atomic E-state index is 13.1. The number of carbonyl (C=O) groups excluding carboxylic acids is 3. The quantitative estimate of drug-likeness (QED) is 0.636. The lowest BCUT2D eigenvalue weighted by Crippen LogP contribution is -3.17. The number of ether oxygens (including phenoxy) is 1. The van der Waals surface area contributed by atoms with E-state index in [1.807, 2.05) is 17.0 Å². The number of anilines is 1. The van der Waals surface area contributed by atoms with Crippen molar-refractivity contribution in [3.05, 3.63) is 24.3 Å². The summed E-state index contributed by atoms with van der Waals surface area (Å²) in [5, 5.41) is 0. The highest BCUT2D eigenvalue weighted by atomic mass is 16.5. The summed E-state index contributed by atoms with van der Waals surface area (Å²) in [5.74, 6) is 1.46. The molecule has 0 radical (unpaired) electrons. The van der Waals surface area contributed by atoms with Crippen LogP contribution in [0.15, 0.2) is 24.3 Å². The van der Waals surface area contributed by atoms with Gasteiger partial charge in [-0.05, 0) is 62.3 Å². The average Bonchev–Trinajstić information content (AvgIpc) is 3.33. The predicted molar refractivity (Wildman–Crippen MR) is 117 cm³/mol. The molecule has 3 fully saturated rings. The van der Waals surface area contributed by atoms with Gasteiger partial charge in [0.2, 0.25) is 11.8 Å². The fourth-order valence-corrected chi connectivity index (χ4v) is 5.10. The maximum absolute atomic E-state index is 13.1. The molecular formula is C24H34N3O4+. The van der Waals surface area contributed by atoms with E-state index in [4.69, 9.17) is 4.74 Å². The van der Waals surface area contributed by atoms with Crippen LogP contribution in [0.25, 0.3) is 0 Å². The van der Waals surface area contributed by atoms with Crippen LogP contribution in [-0.2, 0) is 14.4 Å². The van der Waals surface area contributed by atoms with Crippen molar-refractivity contribution in [3.8, 4) is 5.75 Å². The second kappa shape index (κ2) is 9.81. The molecule has 4 rings (SSSR count). The summed E-state index contributed by atoms with van der Waals surface area (Å²) in [5.41, 5.74) is 0.630. The number of quaternary nitrogens is 1. The van der Waals surface area contributed by atoms with Crippen LogP contribution in [0.4, 0.5) is 5.69 Å². The number of nitrogens with zero attached hydrogens (tertiary/aromatic N) is 2. The minimum Gasteiger partial charge on any atom is -0.494 e. The number of imide groups is 1. The molecule has 1 N–H and O–H groups in total. The third-order valence-electron chi connectivity index (χ3n) is 6.93.